The normalized spacial score (nSPS) is 11.4. The summed E-state index contributed by atoms with van der Waals surface area (Å²) in [6.07, 6.45) is 1.63. The monoisotopic (exact) mass is 264 g/mol. The van der Waals surface area contributed by atoms with Crippen LogP contribution in [0.4, 0.5) is 10.1 Å². The molecule has 0 aliphatic rings. The Morgan fingerprint density at radius 2 is 2.06 bits per heavy atom. The van der Waals surface area contributed by atoms with Gasteiger partial charge in [0.05, 0.1) is 0 Å². The molecule has 0 aliphatic heterocycles. The Kier molecular flexibility index (Phi) is 4.00. The summed E-state index contributed by atoms with van der Waals surface area (Å²) in [5, 5.41) is 2.66. The van der Waals surface area contributed by atoms with Crippen molar-refractivity contribution in [3.05, 3.63) is 22.9 Å². The van der Waals surface area contributed by atoms with Crippen molar-refractivity contribution >= 4 is 27.5 Å². The van der Waals surface area contributed by atoms with E-state index < -0.39 is 20.7 Å². The van der Waals surface area contributed by atoms with Gasteiger partial charge in [-0.05, 0) is 30.6 Å². The second-order valence-corrected chi connectivity index (χ2v) is 5.46. The molecule has 0 amide bonds. The van der Waals surface area contributed by atoms with Crippen LogP contribution in [-0.2, 0) is 10.0 Å². The highest BCUT2D eigenvalue weighted by molar-refractivity contribution is 7.98. The molecule has 5 nitrogen and oxygen atoms in total. The number of nitroso groups, excluding NO2 is 1. The molecule has 1 aromatic carbocycles. The van der Waals surface area contributed by atoms with Crippen molar-refractivity contribution in [2.24, 2.45) is 5.18 Å². The highest BCUT2D eigenvalue weighted by Gasteiger charge is 2.20. The summed E-state index contributed by atoms with van der Waals surface area (Å²) in [6, 6.07) is 1.89. The third-order valence-electron chi connectivity index (χ3n) is 1.89. The van der Waals surface area contributed by atoms with Gasteiger partial charge >= 0.3 is 0 Å². The lowest BCUT2D eigenvalue weighted by Gasteiger charge is -2.06. The average molecular weight is 264 g/mol. The molecular formula is C8H9FN2O3S2. The van der Waals surface area contributed by atoms with Gasteiger partial charge in [-0.2, -0.15) is 0 Å². The number of hydrogen-bond donors (Lipinski definition) is 1. The molecule has 1 N–H and O–H groups in total. The maximum absolute atomic E-state index is 13.5. The first-order chi connectivity index (χ1) is 7.46. The number of halogens is 1. The van der Waals surface area contributed by atoms with Gasteiger partial charge in [-0.1, -0.05) is 0 Å². The second kappa shape index (κ2) is 4.89. The third kappa shape index (κ3) is 2.39. The molecular weight excluding hydrogens is 255 g/mol. The number of thioether (sulfide) groups is 1. The molecule has 0 heterocycles. The molecule has 8 heteroatoms. The molecule has 0 atom stereocenters. The van der Waals surface area contributed by atoms with Crippen molar-refractivity contribution in [3.8, 4) is 0 Å². The zero-order chi connectivity index (χ0) is 12.3. The Hall–Kier alpha value is -0.990. The maximum atomic E-state index is 13.5. The van der Waals surface area contributed by atoms with E-state index in [1.54, 1.807) is 6.26 Å². The molecule has 0 spiro atoms. The van der Waals surface area contributed by atoms with E-state index >= 15 is 0 Å². The molecule has 0 radical (unpaired) electrons. The maximum Gasteiger partial charge on any atom is 0.243 e. The smallest absolute Gasteiger partial charge is 0.214 e. The standard InChI is InChI=1S/C8H9FN2O3S2/c1-10-16(13,14)8-4-6(11-12)7(15-2)3-5(8)9/h3-4,10H,1-2H3. The van der Waals surface area contributed by atoms with Gasteiger partial charge in [0, 0.05) is 4.90 Å². The molecule has 0 unspecified atom stereocenters. The van der Waals surface area contributed by atoms with Gasteiger partial charge < -0.3 is 0 Å². The first kappa shape index (κ1) is 13.1. The molecule has 0 aromatic heterocycles. The van der Waals surface area contributed by atoms with E-state index in [0.717, 1.165) is 30.9 Å². The second-order valence-electron chi connectivity index (χ2n) is 2.75. The molecule has 1 aromatic rings. The van der Waals surface area contributed by atoms with Crippen LogP contribution in [0.5, 0.6) is 0 Å². The van der Waals surface area contributed by atoms with Crippen LogP contribution in [-0.4, -0.2) is 21.7 Å². The van der Waals surface area contributed by atoms with Gasteiger partial charge in [-0.25, -0.2) is 17.5 Å². The quantitative estimate of drug-likeness (QED) is 0.665. The minimum absolute atomic E-state index is 0.0947. The Labute approximate surface area is 96.5 Å². The minimum atomic E-state index is -3.92. The highest BCUT2D eigenvalue weighted by Crippen LogP contribution is 2.32. The highest BCUT2D eigenvalue weighted by atomic mass is 32.2. The van der Waals surface area contributed by atoms with Crippen LogP contribution in [0.1, 0.15) is 0 Å². The van der Waals surface area contributed by atoms with Crippen LogP contribution in [0.15, 0.2) is 27.1 Å². The molecule has 0 fully saturated rings. The van der Waals surface area contributed by atoms with Crippen LogP contribution in [0.2, 0.25) is 0 Å². The van der Waals surface area contributed by atoms with E-state index in [0.29, 0.717) is 4.90 Å². The summed E-state index contributed by atoms with van der Waals surface area (Å²) >= 11 is 1.11. The number of sulfonamides is 1. The summed E-state index contributed by atoms with van der Waals surface area (Å²) in [5.74, 6) is -0.911. The molecule has 16 heavy (non-hydrogen) atoms. The summed E-state index contributed by atoms with van der Waals surface area (Å²) in [6.45, 7) is 0. The Morgan fingerprint density at radius 3 is 2.50 bits per heavy atom. The van der Waals surface area contributed by atoms with Crippen molar-refractivity contribution in [1.29, 1.82) is 0 Å². The summed E-state index contributed by atoms with van der Waals surface area (Å²) in [7, 11) is -2.76. The fraction of sp³-hybridized carbons (Fsp3) is 0.250. The number of nitrogens with zero attached hydrogens (tertiary/aromatic N) is 1. The van der Waals surface area contributed by atoms with E-state index in [-0.39, 0.29) is 5.69 Å². The molecule has 0 aliphatic carbocycles. The lowest BCUT2D eigenvalue weighted by Crippen LogP contribution is -2.19. The average Bonchev–Trinajstić information content (AvgIpc) is 2.28. The van der Waals surface area contributed by atoms with Crippen LogP contribution in [0, 0.1) is 10.7 Å². The predicted molar refractivity (Wildman–Crippen MR) is 59.9 cm³/mol. The zero-order valence-electron chi connectivity index (χ0n) is 8.52. The molecule has 88 valence electrons. The Morgan fingerprint density at radius 1 is 1.44 bits per heavy atom. The van der Waals surface area contributed by atoms with Crippen LogP contribution < -0.4 is 4.72 Å². The summed E-state index contributed by atoms with van der Waals surface area (Å²) in [4.78, 5) is 10.2. The Bertz CT molecular complexity index is 516. The Balaban J connectivity index is 3.50. The lowest BCUT2D eigenvalue weighted by atomic mass is 10.3. The van der Waals surface area contributed by atoms with Gasteiger partial charge in [0.15, 0.2) is 0 Å². The van der Waals surface area contributed by atoms with Crippen LogP contribution in [0.3, 0.4) is 0 Å². The number of hydrogen-bond acceptors (Lipinski definition) is 5. The zero-order valence-corrected chi connectivity index (χ0v) is 10.2. The van der Waals surface area contributed by atoms with E-state index in [1.165, 1.54) is 0 Å². The first-order valence-corrected chi connectivity index (χ1v) is 6.81. The van der Waals surface area contributed by atoms with Gasteiger partial charge in [-0.15, -0.1) is 16.7 Å². The van der Waals surface area contributed by atoms with E-state index in [9.17, 15) is 17.7 Å². The topological polar surface area (TPSA) is 75.6 Å². The molecule has 1 rings (SSSR count). The summed E-state index contributed by atoms with van der Waals surface area (Å²) in [5.41, 5.74) is -0.0947. The van der Waals surface area contributed by atoms with Crippen molar-refractivity contribution < 1.29 is 12.8 Å². The molecule has 0 saturated carbocycles. The van der Waals surface area contributed by atoms with Crippen molar-refractivity contribution in [1.82, 2.24) is 4.72 Å². The van der Waals surface area contributed by atoms with Crippen molar-refractivity contribution in [2.75, 3.05) is 13.3 Å². The lowest BCUT2D eigenvalue weighted by molar-refractivity contribution is 0.560. The van der Waals surface area contributed by atoms with E-state index in [1.807, 2.05) is 4.72 Å². The molecule has 0 saturated heterocycles. The van der Waals surface area contributed by atoms with Crippen LogP contribution in [0.25, 0.3) is 0 Å². The third-order valence-corrected chi connectivity index (χ3v) is 4.09. The number of nitrogens with one attached hydrogen (secondary N) is 1. The van der Waals surface area contributed by atoms with Gasteiger partial charge in [0.2, 0.25) is 10.0 Å². The fourth-order valence-corrected chi connectivity index (χ4v) is 2.40. The van der Waals surface area contributed by atoms with Crippen molar-refractivity contribution in [3.63, 3.8) is 0 Å². The van der Waals surface area contributed by atoms with Crippen molar-refractivity contribution in [2.45, 2.75) is 9.79 Å². The number of benzene rings is 1. The minimum Gasteiger partial charge on any atom is -0.214 e. The van der Waals surface area contributed by atoms with E-state index in [2.05, 4.69) is 5.18 Å². The summed E-state index contributed by atoms with van der Waals surface area (Å²) < 4.78 is 38.2. The van der Waals surface area contributed by atoms with E-state index in [4.69, 9.17) is 0 Å². The predicted octanol–water partition coefficient (Wildman–Crippen LogP) is 1.85. The first-order valence-electron chi connectivity index (χ1n) is 4.10. The number of rotatable bonds is 4. The largest absolute Gasteiger partial charge is 0.243 e. The van der Waals surface area contributed by atoms with Crippen LogP contribution >= 0.6 is 11.8 Å². The SMILES string of the molecule is CNS(=O)(=O)c1cc(N=O)c(SC)cc1F. The van der Waals surface area contributed by atoms with Gasteiger partial charge in [0.25, 0.3) is 0 Å². The fourth-order valence-electron chi connectivity index (χ4n) is 1.08. The van der Waals surface area contributed by atoms with Gasteiger partial charge in [-0.3, -0.25) is 0 Å². The molecule has 0 bridgehead atoms. The van der Waals surface area contributed by atoms with Gasteiger partial charge in [0.1, 0.15) is 16.4 Å².